The molecule has 1 atom stereocenters. The minimum absolute atomic E-state index is 0.0905. The summed E-state index contributed by atoms with van der Waals surface area (Å²) in [6.07, 6.45) is -1.49. The first kappa shape index (κ1) is 21.2. The monoisotopic (exact) mass is 410 g/mol. The van der Waals surface area contributed by atoms with E-state index in [2.05, 4.69) is 0 Å². The third-order valence-electron chi connectivity index (χ3n) is 4.27. The average molecular weight is 411 g/mol. The van der Waals surface area contributed by atoms with Crippen LogP contribution in [0.15, 0.2) is 18.2 Å². The summed E-state index contributed by atoms with van der Waals surface area (Å²) >= 11 is 12.2. The molecule has 2 rings (SSSR count). The molecule has 26 heavy (non-hydrogen) atoms. The van der Waals surface area contributed by atoms with Gasteiger partial charge in [-0.1, -0.05) is 17.7 Å². The standard InChI is InChI=1S/C18H23Cl2F3N2O/c1-2-26-17(24)15(4-3-9-19)14-8-7-13(10-16(14)20)25(12-5-6-12)11-18(21,22)23/h7-8,10,12,15,24H,2-6,9,11H2,1H3. The van der Waals surface area contributed by atoms with E-state index in [9.17, 15) is 13.2 Å². The average Bonchev–Trinajstić information content (AvgIpc) is 3.38. The van der Waals surface area contributed by atoms with Gasteiger partial charge in [0.2, 0.25) is 0 Å². The van der Waals surface area contributed by atoms with E-state index >= 15 is 0 Å². The van der Waals surface area contributed by atoms with Gasteiger partial charge in [0.25, 0.3) is 0 Å². The highest BCUT2D eigenvalue weighted by Crippen LogP contribution is 2.38. The summed E-state index contributed by atoms with van der Waals surface area (Å²) < 4.78 is 44.0. The van der Waals surface area contributed by atoms with Crippen LogP contribution in [0.25, 0.3) is 0 Å². The van der Waals surface area contributed by atoms with Crippen molar-refractivity contribution in [3.8, 4) is 0 Å². The summed E-state index contributed by atoms with van der Waals surface area (Å²) in [7, 11) is 0. The Morgan fingerprint density at radius 2 is 2.08 bits per heavy atom. The van der Waals surface area contributed by atoms with Gasteiger partial charge in [-0.3, -0.25) is 5.41 Å². The van der Waals surface area contributed by atoms with Gasteiger partial charge < -0.3 is 9.64 Å². The van der Waals surface area contributed by atoms with Crippen molar-refractivity contribution in [3.63, 3.8) is 0 Å². The third kappa shape index (κ3) is 5.95. The fraction of sp³-hybridized carbons (Fsp3) is 0.611. The molecule has 0 saturated heterocycles. The molecule has 0 spiro atoms. The number of halogens is 5. The van der Waals surface area contributed by atoms with Crippen molar-refractivity contribution in [2.75, 3.05) is 23.9 Å². The fourth-order valence-corrected chi connectivity index (χ4v) is 3.41. The molecule has 1 unspecified atom stereocenters. The highest BCUT2D eigenvalue weighted by Gasteiger charge is 2.38. The number of alkyl halides is 4. The maximum absolute atomic E-state index is 12.9. The molecule has 1 N–H and O–H groups in total. The molecule has 1 fully saturated rings. The number of nitrogens with one attached hydrogen (secondary N) is 1. The van der Waals surface area contributed by atoms with Crippen molar-refractivity contribution in [2.45, 2.75) is 50.7 Å². The highest BCUT2D eigenvalue weighted by molar-refractivity contribution is 6.32. The fourth-order valence-electron chi connectivity index (χ4n) is 2.95. The van der Waals surface area contributed by atoms with Crippen molar-refractivity contribution in [1.82, 2.24) is 0 Å². The molecule has 0 bridgehead atoms. The van der Waals surface area contributed by atoms with E-state index in [0.29, 0.717) is 41.6 Å². The van der Waals surface area contributed by atoms with E-state index in [1.165, 1.54) is 4.90 Å². The Labute approximate surface area is 161 Å². The number of benzene rings is 1. The number of hydrogen-bond donors (Lipinski definition) is 1. The smallest absolute Gasteiger partial charge is 0.405 e. The molecule has 0 aliphatic heterocycles. The summed E-state index contributed by atoms with van der Waals surface area (Å²) in [6.45, 7) is 1.17. The van der Waals surface area contributed by atoms with Gasteiger partial charge in [-0.05, 0) is 50.3 Å². The zero-order valence-corrected chi connectivity index (χ0v) is 16.1. The van der Waals surface area contributed by atoms with E-state index in [0.717, 1.165) is 12.8 Å². The lowest BCUT2D eigenvalue weighted by atomic mass is 9.93. The maximum atomic E-state index is 12.9. The molecule has 0 radical (unpaired) electrons. The van der Waals surface area contributed by atoms with Crippen LogP contribution < -0.4 is 4.90 Å². The molecular formula is C18H23Cl2F3N2O. The number of nitrogens with zero attached hydrogens (tertiary/aromatic N) is 1. The highest BCUT2D eigenvalue weighted by atomic mass is 35.5. The lowest BCUT2D eigenvalue weighted by Crippen LogP contribution is -2.36. The Kier molecular flexibility index (Phi) is 7.47. The number of ether oxygens (including phenoxy) is 1. The SMILES string of the molecule is CCOC(=N)C(CCCCl)c1ccc(N(CC(F)(F)F)C2CC2)cc1Cl. The van der Waals surface area contributed by atoms with Gasteiger partial charge in [0.15, 0.2) is 5.90 Å². The predicted molar refractivity (Wildman–Crippen MR) is 99.9 cm³/mol. The second kappa shape index (κ2) is 9.18. The van der Waals surface area contributed by atoms with Crippen molar-refractivity contribution >= 4 is 34.8 Å². The number of rotatable bonds is 9. The van der Waals surface area contributed by atoms with Crippen LogP contribution in [0, 0.1) is 5.41 Å². The Morgan fingerprint density at radius 3 is 2.58 bits per heavy atom. The van der Waals surface area contributed by atoms with E-state index in [-0.39, 0.29) is 17.9 Å². The summed E-state index contributed by atoms with van der Waals surface area (Å²) in [5.41, 5.74) is 1.14. The van der Waals surface area contributed by atoms with E-state index in [1.807, 2.05) is 0 Å². The summed E-state index contributed by atoms with van der Waals surface area (Å²) in [5, 5.41) is 8.46. The van der Waals surface area contributed by atoms with Crippen LogP contribution in [0.4, 0.5) is 18.9 Å². The van der Waals surface area contributed by atoms with Crippen molar-refractivity contribution in [1.29, 1.82) is 5.41 Å². The van der Waals surface area contributed by atoms with Crippen molar-refractivity contribution in [3.05, 3.63) is 28.8 Å². The lowest BCUT2D eigenvalue weighted by Gasteiger charge is -2.27. The van der Waals surface area contributed by atoms with Crippen molar-refractivity contribution in [2.24, 2.45) is 0 Å². The Balaban J connectivity index is 2.26. The van der Waals surface area contributed by atoms with E-state index in [1.54, 1.807) is 25.1 Å². The summed E-state index contributed by atoms with van der Waals surface area (Å²) in [4.78, 5) is 1.36. The zero-order valence-electron chi connectivity index (χ0n) is 14.6. The predicted octanol–water partition coefficient (Wildman–Crippen LogP) is 5.99. The zero-order chi connectivity index (χ0) is 19.3. The second-order valence-electron chi connectivity index (χ2n) is 6.36. The van der Waals surface area contributed by atoms with Gasteiger partial charge in [-0.2, -0.15) is 13.2 Å². The van der Waals surface area contributed by atoms with Gasteiger partial charge in [-0.15, -0.1) is 11.6 Å². The molecule has 1 aromatic carbocycles. The third-order valence-corrected chi connectivity index (χ3v) is 4.87. The van der Waals surface area contributed by atoms with E-state index < -0.39 is 12.7 Å². The van der Waals surface area contributed by atoms with E-state index in [4.69, 9.17) is 33.3 Å². The lowest BCUT2D eigenvalue weighted by molar-refractivity contribution is -0.120. The second-order valence-corrected chi connectivity index (χ2v) is 7.15. The first-order chi connectivity index (χ1) is 12.3. The molecule has 0 heterocycles. The molecule has 1 saturated carbocycles. The molecule has 0 amide bonds. The van der Waals surface area contributed by atoms with Crippen LogP contribution in [-0.2, 0) is 4.74 Å². The van der Waals surface area contributed by atoms with Gasteiger partial charge in [0, 0.05) is 22.6 Å². The topological polar surface area (TPSA) is 36.3 Å². The molecule has 3 nitrogen and oxygen atoms in total. The first-order valence-electron chi connectivity index (χ1n) is 8.66. The minimum atomic E-state index is -4.27. The van der Waals surface area contributed by atoms with Gasteiger partial charge in [0.1, 0.15) is 6.54 Å². The molecule has 0 aromatic heterocycles. The van der Waals surface area contributed by atoms with Crippen LogP contribution in [0.3, 0.4) is 0 Å². The van der Waals surface area contributed by atoms with Gasteiger partial charge in [0.05, 0.1) is 12.5 Å². The Bertz CT molecular complexity index is 621. The molecule has 1 aliphatic rings. The Hall–Kier alpha value is -1.14. The van der Waals surface area contributed by atoms with Gasteiger partial charge >= 0.3 is 6.18 Å². The number of anilines is 1. The van der Waals surface area contributed by atoms with Crippen LogP contribution in [-0.4, -0.2) is 37.1 Å². The summed E-state index contributed by atoms with van der Waals surface area (Å²) in [5.74, 6) is 0.195. The number of hydrogen-bond acceptors (Lipinski definition) is 3. The molecule has 1 aromatic rings. The minimum Gasteiger partial charge on any atom is -0.481 e. The molecule has 8 heteroatoms. The van der Waals surface area contributed by atoms with Gasteiger partial charge in [-0.25, -0.2) is 0 Å². The molecule has 146 valence electrons. The first-order valence-corrected chi connectivity index (χ1v) is 9.58. The van der Waals surface area contributed by atoms with Crippen LogP contribution in [0.1, 0.15) is 44.1 Å². The molecule has 1 aliphatic carbocycles. The van der Waals surface area contributed by atoms with Crippen molar-refractivity contribution < 1.29 is 17.9 Å². The Morgan fingerprint density at radius 1 is 1.38 bits per heavy atom. The van der Waals surface area contributed by atoms with Crippen LogP contribution >= 0.6 is 23.2 Å². The normalized spacial score (nSPS) is 15.6. The van der Waals surface area contributed by atoms with Crippen LogP contribution in [0.5, 0.6) is 0 Å². The van der Waals surface area contributed by atoms with Crippen LogP contribution in [0.2, 0.25) is 5.02 Å². The largest absolute Gasteiger partial charge is 0.481 e. The molecular weight excluding hydrogens is 388 g/mol. The summed E-state index contributed by atoms with van der Waals surface area (Å²) in [6, 6.07) is 4.83. The maximum Gasteiger partial charge on any atom is 0.405 e. The quantitative estimate of drug-likeness (QED) is 0.308.